The minimum Gasteiger partial charge on any atom is -0.481 e. The zero-order valence-corrected chi connectivity index (χ0v) is 10.1. The van der Waals surface area contributed by atoms with Crippen molar-refractivity contribution < 1.29 is 23.1 Å². The van der Waals surface area contributed by atoms with Gasteiger partial charge in [0.1, 0.15) is 6.04 Å². The van der Waals surface area contributed by atoms with Gasteiger partial charge in [0.15, 0.2) is 0 Å². The summed E-state index contributed by atoms with van der Waals surface area (Å²) in [6, 6.07) is 5.80. The molecular formula is C10H12N2O5S. The van der Waals surface area contributed by atoms with E-state index < -0.39 is 34.4 Å². The summed E-state index contributed by atoms with van der Waals surface area (Å²) in [5.74, 6) is -2.37. The highest BCUT2D eigenvalue weighted by atomic mass is 32.2. The Morgan fingerprint density at radius 1 is 1.28 bits per heavy atom. The molecule has 0 bridgehead atoms. The fourth-order valence-corrected chi connectivity index (χ4v) is 2.46. The molecule has 0 heterocycles. The molecule has 0 aliphatic heterocycles. The van der Waals surface area contributed by atoms with Crippen LogP contribution in [0.2, 0.25) is 0 Å². The van der Waals surface area contributed by atoms with E-state index in [0.29, 0.717) is 0 Å². The van der Waals surface area contributed by atoms with E-state index in [1.165, 1.54) is 24.3 Å². The van der Waals surface area contributed by atoms with Gasteiger partial charge in [-0.1, -0.05) is 18.2 Å². The standard InChI is InChI=1S/C10H12N2O5S/c11-10(15)8(6-9(13)14)12-18(16,17)7-4-2-1-3-5-7/h1-5,8,12H,6H2,(H2,11,15)(H,13,14). The van der Waals surface area contributed by atoms with Gasteiger partial charge >= 0.3 is 5.97 Å². The van der Waals surface area contributed by atoms with Crippen LogP contribution in [0.3, 0.4) is 0 Å². The molecule has 1 aromatic rings. The zero-order chi connectivity index (χ0) is 13.8. The maximum absolute atomic E-state index is 11.8. The molecule has 0 aliphatic carbocycles. The van der Waals surface area contributed by atoms with Crippen LogP contribution >= 0.6 is 0 Å². The van der Waals surface area contributed by atoms with Crippen LogP contribution in [-0.2, 0) is 19.6 Å². The Labute approximate surface area is 104 Å². The highest BCUT2D eigenvalue weighted by molar-refractivity contribution is 7.89. The maximum Gasteiger partial charge on any atom is 0.305 e. The average Bonchev–Trinajstić information content (AvgIpc) is 2.28. The molecule has 8 heteroatoms. The molecular weight excluding hydrogens is 260 g/mol. The van der Waals surface area contributed by atoms with Crippen molar-refractivity contribution in [1.82, 2.24) is 4.72 Å². The van der Waals surface area contributed by atoms with Crippen LogP contribution < -0.4 is 10.5 Å². The average molecular weight is 272 g/mol. The third-order valence-electron chi connectivity index (χ3n) is 2.07. The molecule has 0 spiro atoms. The van der Waals surface area contributed by atoms with Crippen molar-refractivity contribution in [2.75, 3.05) is 0 Å². The Balaban J connectivity index is 2.93. The molecule has 98 valence electrons. The number of sulfonamides is 1. The largest absolute Gasteiger partial charge is 0.481 e. The van der Waals surface area contributed by atoms with E-state index in [2.05, 4.69) is 0 Å². The van der Waals surface area contributed by atoms with Gasteiger partial charge in [-0.05, 0) is 12.1 Å². The van der Waals surface area contributed by atoms with Crippen LogP contribution in [0.5, 0.6) is 0 Å². The Hall–Kier alpha value is -1.93. The van der Waals surface area contributed by atoms with E-state index in [1.54, 1.807) is 6.07 Å². The van der Waals surface area contributed by atoms with Crippen molar-refractivity contribution in [1.29, 1.82) is 0 Å². The number of carboxylic acids is 1. The lowest BCUT2D eigenvalue weighted by atomic mass is 10.2. The van der Waals surface area contributed by atoms with Crippen LogP contribution in [0.4, 0.5) is 0 Å². The van der Waals surface area contributed by atoms with Crippen LogP contribution in [0.1, 0.15) is 6.42 Å². The van der Waals surface area contributed by atoms with Gasteiger partial charge in [0.05, 0.1) is 11.3 Å². The number of nitrogens with one attached hydrogen (secondary N) is 1. The third kappa shape index (κ3) is 3.82. The predicted molar refractivity (Wildman–Crippen MR) is 62.0 cm³/mol. The van der Waals surface area contributed by atoms with E-state index in [-0.39, 0.29) is 4.90 Å². The van der Waals surface area contributed by atoms with Crippen molar-refractivity contribution >= 4 is 21.9 Å². The normalized spacial score (nSPS) is 12.9. The topological polar surface area (TPSA) is 127 Å². The quantitative estimate of drug-likeness (QED) is 0.630. The molecule has 1 unspecified atom stereocenters. The van der Waals surface area contributed by atoms with Crippen LogP contribution in [-0.4, -0.2) is 31.4 Å². The van der Waals surface area contributed by atoms with Crippen molar-refractivity contribution in [3.8, 4) is 0 Å². The minimum absolute atomic E-state index is 0.0679. The summed E-state index contributed by atoms with van der Waals surface area (Å²) >= 11 is 0. The minimum atomic E-state index is -3.96. The number of amides is 1. The van der Waals surface area contributed by atoms with E-state index in [0.717, 1.165) is 0 Å². The number of carboxylic acid groups (broad SMARTS) is 1. The number of nitrogens with two attached hydrogens (primary N) is 1. The molecule has 0 fully saturated rings. The molecule has 0 radical (unpaired) electrons. The maximum atomic E-state index is 11.8. The highest BCUT2D eigenvalue weighted by Crippen LogP contribution is 2.08. The molecule has 4 N–H and O–H groups in total. The molecule has 1 amide bonds. The molecule has 1 aromatic carbocycles. The summed E-state index contributed by atoms with van der Waals surface area (Å²) in [4.78, 5) is 21.4. The van der Waals surface area contributed by atoms with E-state index in [1.807, 2.05) is 4.72 Å². The summed E-state index contributed by atoms with van der Waals surface area (Å²) in [7, 11) is -3.96. The molecule has 0 saturated heterocycles. The number of carbonyl (C=O) groups excluding carboxylic acids is 1. The summed E-state index contributed by atoms with van der Waals surface area (Å²) in [6.07, 6.45) is -0.707. The predicted octanol–water partition coefficient (Wildman–Crippen LogP) is -0.706. The second kappa shape index (κ2) is 5.61. The SMILES string of the molecule is NC(=O)C(CC(=O)O)NS(=O)(=O)c1ccccc1. The smallest absolute Gasteiger partial charge is 0.305 e. The first-order valence-electron chi connectivity index (χ1n) is 4.91. The van der Waals surface area contributed by atoms with Gasteiger partial charge in [0, 0.05) is 0 Å². The zero-order valence-electron chi connectivity index (χ0n) is 9.24. The van der Waals surface area contributed by atoms with Crippen LogP contribution in [0.15, 0.2) is 35.2 Å². The Morgan fingerprint density at radius 3 is 2.28 bits per heavy atom. The lowest BCUT2D eigenvalue weighted by Gasteiger charge is -2.13. The third-order valence-corrected chi connectivity index (χ3v) is 3.56. The Bertz CT molecular complexity index is 541. The fourth-order valence-electron chi connectivity index (χ4n) is 1.23. The highest BCUT2D eigenvalue weighted by Gasteiger charge is 2.25. The Morgan fingerprint density at radius 2 is 1.83 bits per heavy atom. The van der Waals surface area contributed by atoms with E-state index in [9.17, 15) is 18.0 Å². The van der Waals surface area contributed by atoms with Gasteiger partial charge in [-0.3, -0.25) is 9.59 Å². The van der Waals surface area contributed by atoms with Gasteiger partial charge in [-0.2, -0.15) is 4.72 Å². The lowest BCUT2D eigenvalue weighted by molar-refractivity contribution is -0.139. The summed E-state index contributed by atoms with van der Waals surface area (Å²) in [5.41, 5.74) is 4.94. The van der Waals surface area contributed by atoms with Crippen molar-refractivity contribution in [3.63, 3.8) is 0 Å². The first-order valence-corrected chi connectivity index (χ1v) is 6.40. The van der Waals surface area contributed by atoms with Gasteiger partial charge in [0.25, 0.3) is 0 Å². The number of rotatable bonds is 6. The molecule has 0 saturated carbocycles. The van der Waals surface area contributed by atoms with Crippen LogP contribution in [0, 0.1) is 0 Å². The number of hydrogen-bond acceptors (Lipinski definition) is 4. The second-order valence-corrected chi connectivity index (χ2v) is 5.20. The number of carbonyl (C=O) groups is 2. The lowest BCUT2D eigenvalue weighted by Crippen LogP contribution is -2.45. The van der Waals surface area contributed by atoms with Crippen molar-refractivity contribution in [2.24, 2.45) is 5.73 Å². The molecule has 0 aliphatic rings. The molecule has 18 heavy (non-hydrogen) atoms. The second-order valence-electron chi connectivity index (χ2n) is 3.49. The Kier molecular flexibility index (Phi) is 4.40. The monoisotopic (exact) mass is 272 g/mol. The molecule has 1 rings (SSSR count). The summed E-state index contributed by atoms with van der Waals surface area (Å²) in [6.45, 7) is 0. The number of hydrogen-bond donors (Lipinski definition) is 3. The number of benzene rings is 1. The van der Waals surface area contributed by atoms with E-state index in [4.69, 9.17) is 10.8 Å². The van der Waals surface area contributed by atoms with Gasteiger partial charge in [0.2, 0.25) is 15.9 Å². The molecule has 1 atom stereocenters. The first kappa shape index (κ1) is 14.1. The number of aliphatic carboxylic acids is 1. The summed E-state index contributed by atoms with van der Waals surface area (Å²) < 4.78 is 25.6. The van der Waals surface area contributed by atoms with Crippen molar-refractivity contribution in [3.05, 3.63) is 30.3 Å². The first-order chi connectivity index (χ1) is 8.33. The van der Waals surface area contributed by atoms with E-state index >= 15 is 0 Å². The molecule has 7 nitrogen and oxygen atoms in total. The van der Waals surface area contributed by atoms with Crippen LogP contribution in [0.25, 0.3) is 0 Å². The fraction of sp³-hybridized carbons (Fsp3) is 0.200. The van der Waals surface area contributed by atoms with Gasteiger partial charge in [-0.15, -0.1) is 0 Å². The van der Waals surface area contributed by atoms with Gasteiger partial charge < -0.3 is 10.8 Å². The van der Waals surface area contributed by atoms with Crippen molar-refractivity contribution in [2.45, 2.75) is 17.4 Å². The number of primary amides is 1. The summed E-state index contributed by atoms with van der Waals surface area (Å²) in [5, 5.41) is 8.56. The molecule has 0 aromatic heterocycles. The van der Waals surface area contributed by atoms with Gasteiger partial charge in [-0.25, -0.2) is 8.42 Å².